The molecule has 1 atom stereocenters. The number of fused-ring (bicyclic) bond motifs is 1. The van der Waals surface area contributed by atoms with Crippen molar-refractivity contribution in [2.75, 3.05) is 26.3 Å². The topological polar surface area (TPSA) is 84.9 Å². The lowest BCUT2D eigenvalue weighted by molar-refractivity contribution is -0.154. The first-order valence-corrected chi connectivity index (χ1v) is 8.55. The molecule has 3 rings (SSSR count). The van der Waals surface area contributed by atoms with E-state index < -0.39 is 17.6 Å². The van der Waals surface area contributed by atoms with Crippen LogP contribution in [0.15, 0.2) is 24.3 Å². The summed E-state index contributed by atoms with van der Waals surface area (Å²) in [6.45, 7) is 3.09. The third kappa shape index (κ3) is 3.31. The number of benzene rings is 1. The van der Waals surface area contributed by atoms with E-state index in [1.54, 1.807) is 6.92 Å². The fraction of sp³-hybridized carbons (Fsp3) is 0.500. The van der Waals surface area contributed by atoms with Gasteiger partial charge in [0.2, 0.25) is 5.91 Å². The summed E-state index contributed by atoms with van der Waals surface area (Å²) in [5.74, 6) is -0.724. The summed E-state index contributed by atoms with van der Waals surface area (Å²) in [4.78, 5) is 38.1. The van der Waals surface area contributed by atoms with Crippen LogP contribution in [0.2, 0.25) is 0 Å². The predicted octanol–water partition coefficient (Wildman–Crippen LogP) is 1.35. The summed E-state index contributed by atoms with van der Waals surface area (Å²) in [6.07, 6.45) is 0.883. The Balaban J connectivity index is 1.74. The van der Waals surface area contributed by atoms with Crippen LogP contribution in [0.1, 0.15) is 30.9 Å². The smallest absolute Gasteiger partial charge is 0.409 e. The molecule has 0 unspecified atom stereocenters. The van der Waals surface area contributed by atoms with Gasteiger partial charge >= 0.3 is 12.1 Å². The molecule has 0 spiro atoms. The highest BCUT2D eigenvalue weighted by atomic mass is 16.6. The molecule has 25 heavy (non-hydrogen) atoms. The van der Waals surface area contributed by atoms with Crippen molar-refractivity contribution < 1.29 is 23.9 Å². The van der Waals surface area contributed by atoms with Crippen molar-refractivity contribution in [3.05, 3.63) is 35.4 Å². The SMILES string of the molecule is CCOC(=O)[C@]1(NC(=O)CCN2CCOC2=O)CCc2ccccc21. The molecule has 1 heterocycles. The summed E-state index contributed by atoms with van der Waals surface area (Å²) >= 11 is 0. The molecule has 7 heteroatoms. The lowest BCUT2D eigenvalue weighted by Crippen LogP contribution is -2.51. The van der Waals surface area contributed by atoms with Gasteiger partial charge in [-0.2, -0.15) is 0 Å². The molecular formula is C18H22N2O5. The maximum absolute atomic E-state index is 12.7. The second-order valence-corrected chi connectivity index (χ2v) is 6.18. The molecule has 0 aromatic heterocycles. The maximum Gasteiger partial charge on any atom is 0.409 e. The number of esters is 1. The molecular weight excluding hydrogens is 324 g/mol. The zero-order valence-electron chi connectivity index (χ0n) is 14.2. The van der Waals surface area contributed by atoms with E-state index in [1.807, 2.05) is 24.3 Å². The molecule has 1 aliphatic heterocycles. The summed E-state index contributed by atoms with van der Waals surface area (Å²) < 4.78 is 10.1. The Kier molecular flexibility index (Phi) is 4.92. The van der Waals surface area contributed by atoms with Crippen molar-refractivity contribution in [1.82, 2.24) is 10.2 Å². The highest BCUT2D eigenvalue weighted by molar-refractivity contribution is 5.90. The van der Waals surface area contributed by atoms with Gasteiger partial charge in [0, 0.05) is 13.0 Å². The third-order valence-electron chi connectivity index (χ3n) is 4.68. The maximum atomic E-state index is 12.7. The number of hydrogen-bond acceptors (Lipinski definition) is 5. The van der Waals surface area contributed by atoms with Crippen LogP contribution in [-0.4, -0.2) is 49.2 Å². The lowest BCUT2D eigenvalue weighted by Gasteiger charge is -2.29. The van der Waals surface area contributed by atoms with Gasteiger partial charge in [0.25, 0.3) is 0 Å². The van der Waals surface area contributed by atoms with Crippen LogP contribution in [0.4, 0.5) is 4.79 Å². The minimum absolute atomic E-state index is 0.110. The average Bonchev–Trinajstić information content (AvgIpc) is 3.18. The van der Waals surface area contributed by atoms with Crippen molar-refractivity contribution >= 4 is 18.0 Å². The largest absolute Gasteiger partial charge is 0.464 e. The van der Waals surface area contributed by atoms with Crippen molar-refractivity contribution in [3.63, 3.8) is 0 Å². The highest BCUT2D eigenvalue weighted by Crippen LogP contribution is 2.38. The van der Waals surface area contributed by atoms with Crippen LogP contribution in [0, 0.1) is 0 Å². The molecule has 134 valence electrons. The zero-order valence-corrected chi connectivity index (χ0v) is 14.2. The molecule has 1 N–H and O–H groups in total. The lowest BCUT2D eigenvalue weighted by atomic mass is 9.91. The van der Waals surface area contributed by atoms with E-state index in [-0.39, 0.29) is 25.5 Å². The molecule has 1 aromatic carbocycles. The molecule has 0 radical (unpaired) electrons. The Morgan fingerprint density at radius 3 is 2.88 bits per heavy atom. The van der Waals surface area contributed by atoms with Crippen molar-refractivity contribution in [1.29, 1.82) is 0 Å². The quantitative estimate of drug-likeness (QED) is 0.786. The number of rotatable bonds is 6. The van der Waals surface area contributed by atoms with Crippen LogP contribution in [0.3, 0.4) is 0 Å². The minimum Gasteiger partial charge on any atom is -0.464 e. The number of nitrogens with zero attached hydrogens (tertiary/aromatic N) is 1. The van der Waals surface area contributed by atoms with Crippen molar-refractivity contribution in [3.8, 4) is 0 Å². The zero-order chi connectivity index (χ0) is 17.9. The van der Waals surface area contributed by atoms with Gasteiger partial charge in [0.1, 0.15) is 6.61 Å². The molecule has 0 saturated carbocycles. The van der Waals surface area contributed by atoms with Crippen molar-refractivity contribution in [2.24, 2.45) is 0 Å². The molecule has 1 aliphatic carbocycles. The Bertz CT molecular complexity index is 690. The second-order valence-electron chi connectivity index (χ2n) is 6.18. The number of ether oxygens (including phenoxy) is 2. The Hall–Kier alpha value is -2.57. The standard InChI is InChI=1S/C18H22N2O5/c1-2-24-16(22)18(9-7-13-5-3-4-6-14(13)18)19-15(21)8-10-20-11-12-25-17(20)23/h3-6H,2,7-12H2,1H3,(H,19,21)/t18-/m0/s1. The van der Waals surface area contributed by atoms with E-state index in [0.717, 1.165) is 11.1 Å². The van der Waals surface area contributed by atoms with Gasteiger partial charge in [-0.3, -0.25) is 4.79 Å². The number of aryl methyl sites for hydroxylation is 1. The summed E-state index contributed by atoms with van der Waals surface area (Å²) in [6, 6.07) is 7.59. The molecule has 7 nitrogen and oxygen atoms in total. The van der Waals surface area contributed by atoms with Crippen LogP contribution < -0.4 is 5.32 Å². The normalized spacial score (nSPS) is 21.6. The Morgan fingerprint density at radius 1 is 1.36 bits per heavy atom. The fourth-order valence-corrected chi connectivity index (χ4v) is 3.42. The Labute approximate surface area is 146 Å². The van der Waals surface area contributed by atoms with Gasteiger partial charge in [-0.1, -0.05) is 24.3 Å². The molecule has 1 fully saturated rings. The summed E-state index contributed by atoms with van der Waals surface area (Å²) in [5, 5.41) is 2.88. The van der Waals surface area contributed by atoms with E-state index in [1.165, 1.54) is 4.90 Å². The third-order valence-corrected chi connectivity index (χ3v) is 4.68. The molecule has 1 aromatic rings. The number of cyclic esters (lactones) is 1. The van der Waals surface area contributed by atoms with Crippen LogP contribution in [0.25, 0.3) is 0 Å². The molecule has 2 aliphatic rings. The van der Waals surface area contributed by atoms with E-state index in [0.29, 0.717) is 26.0 Å². The first-order chi connectivity index (χ1) is 12.1. The first-order valence-electron chi connectivity index (χ1n) is 8.55. The fourth-order valence-electron chi connectivity index (χ4n) is 3.42. The monoisotopic (exact) mass is 346 g/mol. The minimum atomic E-state index is -1.14. The molecule has 2 amide bonds. The van der Waals surface area contributed by atoms with Crippen LogP contribution >= 0.6 is 0 Å². The second kappa shape index (κ2) is 7.13. The first kappa shape index (κ1) is 17.3. The van der Waals surface area contributed by atoms with Crippen LogP contribution in [0.5, 0.6) is 0 Å². The Morgan fingerprint density at radius 2 is 2.16 bits per heavy atom. The van der Waals surface area contributed by atoms with E-state index in [4.69, 9.17) is 9.47 Å². The summed E-state index contributed by atoms with van der Waals surface area (Å²) in [7, 11) is 0. The van der Waals surface area contributed by atoms with E-state index in [9.17, 15) is 14.4 Å². The number of carbonyl (C=O) groups excluding carboxylic acids is 3. The van der Waals surface area contributed by atoms with Crippen molar-refractivity contribution in [2.45, 2.75) is 31.7 Å². The molecule has 1 saturated heterocycles. The summed E-state index contributed by atoms with van der Waals surface area (Å²) in [5.41, 5.74) is 0.691. The predicted molar refractivity (Wildman–Crippen MR) is 88.8 cm³/mol. The van der Waals surface area contributed by atoms with Gasteiger partial charge in [0.05, 0.1) is 13.2 Å². The van der Waals surface area contributed by atoms with Gasteiger partial charge in [-0.05, 0) is 30.9 Å². The number of carbonyl (C=O) groups is 3. The van der Waals surface area contributed by atoms with E-state index >= 15 is 0 Å². The van der Waals surface area contributed by atoms with Gasteiger partial charge < -0.3 is 19.7 Å². The number of hydrogen-bond donors (Lipinski definition) is 1. The molecule has 0 bridgehead atoms. The highest BCUT2D eigenvalue weighted by Gasteiger charge is 2.47. The van der Waals surface area contributed by atoms with Gasteiger partial charge in [-0.25, -0.2) is 9.59 Å². The number of amides is 2. The van der Waals surface area contributed by atoms with Crippen LogP contribution in [-0.2, 0) is 31.0 Å². The van der Waals surface area contributed by atoms with Gasteiger partial charge in [-0.15, -0.1) is 0 Å². The van der Waals surface area contributed by atoms with Gasteiger partial charge in [0.15, 0.2) is 5.54 Å². The average molecular weight is 346 g/mol. The van der Waals surface area contributed by atoms with E-state index in [2.05, 4.69) is 5.32 Å². The number of nitrogens with one attached hydrogen (secondary N) is 1.